The predicted molar refractivity (Wildman–Crippen MR) is 79.5 cm³/mol. The molecule has 0 bridgehead atoms. The molecule has 0 aromatic rings. The number of halogens is 1. The fourth-order valence-corrected chi connectivity index (χ4v) is 2.28. The lowest BCUT2D eigenvalue weighted by molar-refractivity contribution is -0.117. The minimum Gasteiger partial charge on any atom is -0.325 e. The molecule has 0 radical (unpaired) electrons. The van der Waals surface area contributed by atoms with Crippen LogP contribution >= 0.6 is 11.6 Å². The average molecular weight is 293 g/mol. The van der Waals surface area contributed by atoms with Crippen molar-refractivity contribution in [3.8, 4) is 0 Å². The molecule has 5 heteroatoms. The van der Waals surface area contributed by atoms with Gasteiger partial charge in [0.2, 0.25) is 5.91 Å². The number of amides is 2. The summed E-state index contributed by atoms with van der Waals surface area (Å²) >= 11 is 5.69. The number of nitrogens with zero attached hydrogens (tertiary/aromatic N) is 1. The van der Waals surface area contributed by atoms with Crippen LogP contribution < -0.4 is 5.32 Å². The van der Waals surface area contributed by atoms with Crippen molar-refractivity contribution in [2.45, 2.75) is 26.1 Å². The lowest BCUT2D eigenvalue weighted by Crippen LogP contribution is -2.34. The molecule has 20 heavy (non-hydrogen) atoms. The van der Waals surface area contributed by atoms with Crippen LogP contribution in [0.5, 0.6) is 0 Å². The third-order valence-electron chi connectivity index (χ3n) is 3.27. The van der Waals surface area contributed by atoms with Gasteiger partial charge in [-0.1, -0.05) is 19.9 Å². The molecule has 2 unspecified atom stereocenters. The maximum Gasteiger partial charge on any atom is 0.263 e. The number of carbonyl (C=O) groups is 2. The lowest BCUT2D eigenvalue weighted by Gasteiger charge is -2.29. The second-order valence-corrected chi connectivity index (χ2v) is 5.87. The third-order valence-corrected chi connectivity index (χ3v) is 3.46. The maximum absolute atomic E-state index is 11.7. The molecule has 2 rings (SSSR count). The zero-order chi connectivity index (χ0) is 14.9. The van der Waals surface area contributed by atoms with Crippen LogP contribution in [0.1, 0.15) is 20.8 Å². The number of aliphatic imine (C=N–C) groups is 1. The van der Waals surface area contributed by atoms with Crippen molar-refractivity contribution in [1.82, 2.24) is 5.32 Å². The minimum absolute atomic E-state index is 0.0511. The van der Waals surface area contributed by atoms with Gasteiger partial charge < -0.3 is 5.32 Å². The van der Waals surface area contributed by atoms with Gasteiger partial charge in [0.25, 0.3) is 5.91 Å². The van der Waals surface area contributed by atoms with Crippen LogP contribution in [-0.4, -0.2) is 22.9 Å². The highest BCUT2D eigenvalue weighted by Gasteiger charge is 2.27. The van der Waals surface area contributed by atoms with Gasteiger partial charge in [-0.05, 0) is 30.6 Å². The number of hydrogen-bond donors (Lipinski definition) is 1. The van der Waals surface area contributed by atoms with Crippen molar-refractivity contribution in [2.24, 2.45) is 16.8 Å². The fraction of sp³-hybridized carbons (Fsp3) is 0.400. The zero-order valence-corrected chi connectivity index (χ0v) is 12.4. The van der Waals surface area contributed by atoms with Crippen LogP contribution in [0.3, 0.4) is 0 Å². The van der Waals surface area contributed by atoms with Gasteiger partial charge >= 0.3 is 0 Å². The van der Waals surface area contributed by atoms with E-state index in [0.29, 0.717) is 5.71 Å². The van der Waals surface area contributed by atoms with Gasteiger partial charge in [0.05, 0.1) is 5.71 Å². The second-order valence-electron chi connectivity index (χ2n) is 5.22. The summed E-state index contributed by atoms with van der Waals surface area (Å²) in [6, 6.07) is 0. The number of nitrogens with one attached hydrogen (secondary N) is 1. The Hall–Kier alpha value is -1.68. The highest BCUT2D eigenvalue weighted by Crippen LogP contribution is 2.31. The Kier molecular flexibility index (Phi) is 4.23. The van der Waals surface area contributed by atoms with Gasteiger partial charge in [0, 0.05) is 17.7 Å². The van der Waals surface area contributed by atoms with Crippen molar-refractivity contribution in [1.29, 1.82) is 0 Å². The van der Waals surface area contributed by atoms with Crippen molar-refractivity contribution >= 4 is 29.1 Å². The van der Waals surface area contributed by atoms with Crippen molar-refractivity contribution < 1.29 is 9.59 Å². The summed E-state index contributed by atoms with van der Waals surface area (Å²) in [6.45, 7) is 5.69. The Balaban J connectivity index is 2.31. The molecule has 1 aliphatic carbocycles. The Morgan fingerprint density at radius 1 is 1.35 bits per heavy atom. The van der Waals surface area contributed by atoms with Crippen LogP contribution in [0.4, 0.5) is 0 Å². The molecule has 0 aromatic heterocycles. The van der Waals surface area contributed by atoms with E-state index < -0.39 is 5.38 Å². The van der Waals surface area contributed by atoms with E-state index in [4.69, 9.17) is 11.6 Å². The Labute approximate surface area is 123 Å². The van der Waals surface area contributed by atoms with Gasteiger partial charge in [-0.25, -0.2) is 4.99 Å². The summed E-state index contributed by atoms with van der Waals surface area (Å²) in [4.78, 5) is 27.1. The number of fused-ring (bicyclic) bond motifs is 1. The first-order valence-electron chi connectivity index (χ1n) is 6.57. The zero-order valence-electron chi connectivity index (χ0n) is 11.7. The van der Waals surface area contributed by atoms with E-state index in [1.165, 1.54) is 0 Å². The van der Waals surface area contributed by atoms with Crippen LogP contribution in [0.15, 0.2) is 40.6 Å². The molecule has 0 spiro atoms. The van der Waals surface area contributed by atoms with E-state index in [1.807, 2.05) is 6.08 Å². The van der Waals surface area contributed by atoms with Gasteiger partial charge in [0.15, 0.2) is 0 Å². The van der Waals surface area contributed by atoms with Crippen molar-refractivity contribution in [3.05, 3.63) is 35.6 Å². The van der Waals surface area contributed by atoms with Crippen LogP contribution in [0.2, 0.25) is 0 Å². The molecule has 2 amide bonds. The van der Waals surface area contributed by atoms with E-state index in [2.05, 4.69) is 24.2 Å². The Morgan fingerprint density at radius 3 is 2.65 bits per heavy atom. The molecule has 4 nitrogen and oxygen atoms in total. The number of alkyl halides is 1. The highest BCUT2D eigenvalue weighted by atomic mass is 35.5. The first-order chi connectivity index (χ1) is 9.38. The van der Waals surface area contributed by atoms with E-state index in [9.17, 15) is 9.59 Å². The molecule has 0 fully saturated rings. The Morgan fingerprint density at radius 2 is 2.05 bits per heavy atom. The molecule has 1 aliphatic heterocycles. The molecule has 1 heterocycles. The quantitative estimate of drug-likeness (QED) is 0.794. The van der Waals surface area contributed by atoms with Crippen LogP contribution in [0, 0.1) is 11.8 Å². The van der Waals surface area contributed by atoms with E-state index >= 15 is 0 Å². The largest absolute Gasteiger partial charge is 0.325 e. The van der Waals surface area contributed by atoms with E-state index in [-0.39, 0.29) is 23.7 Å². The second kappa shape index (κ2) is 5.75. The minimum atomic E-state index is -0.654. The third kappa shape index (κ3) is 3.07. The Bertz CT molecular complexity index is 568. The van der Waals surface area contributed by atoms with Crippen LogP contribution in [-0.2, 0) is 9.59 Å². The fourth-order valence-electron chi connectivity index (χ4n) is 2.23. The summed E-state index contributed by atoms with van der Waals surface area (Å²) in [5.74, 6) is -0.191. The number of carbonyl (C=O) groups excluding carboxylic acids is 2. The summed E-state index contributed by atoms with van der Waals surface area (Å²) in [6.07, 6.45) is 7.12. The van der Waals surface area contributed by atoms with Gasteiger partial charge in [-0.2, -0.15) is 0 Å². The summed E-state index contributed by atoms with van der Waals surface area (Å²) in [7, 11) is 0. The smallest absolute Gasteiger partial charge is 0.263 e. The van der Waals surface area contributed by atoms with Crippen LogP contribution in [0.25, 0.3) is 0 Å². The molecule has 0 saturated heterocycles. The molecule has 2 aliphatic rings. The maximum atomic E-state index is 11.7. The average Bonchev–Trinajstić information content (AvgIpc) is 2.36. The summed E-state index contributed by atoms with van der Waals surface area (Å²) < 4.78 is 0. The summed E-state index contributed by atoms with van der Waals surface area (Å²) in [5, 5.41) is 2.15. The molecule has 0 aromatic carbocycles. The molecule has 106 valence electrons. The van der Waals surface area contributed by atoms with Gasteiger partial charge in [-0.3, -0.25) is 9.59 Å². The van der Waals surface area contributed by atoms with E-state index in [1.54, 1.807) is 25.2 Å². The monoisotopic (exact) mass is 292 g/mol. The molecule has 0 saturated carbocycles. The first-order valence-corrected chi connectivity index (χ1v) is 7.01. The van der Waals surface area contributed by atoms with E-state index in [0.717, 1.165) is 11.3 Å². The first kappa shape index (κ1) is 14.7. The normalized spacial score (nSPS) is 24.9. The van der Waals surface area contributed by atoms with Gasteiger partial charge in [0.1, 0.15) is 5.38 Å². The molecule has 1 N–H and O–H groups in total. The molecular formula is C15H17ClN2O2. The van der Waals surface area contributed by atoms with Gasteiger partial charge in [-0.15, -0.1) is 11.6 Å². The SMILES string of the molecule is CC(C)C1=CC(=O)NC2=CC(=NC(=O)C(C)Cl)C=CC21. The standard InChI is InChI=1S/C15H17ClN2O2/c1-8(2)12-7-14(19)18-13-6-10(4-5-11(12)13)17-15(20)9(3)16/h4-9,11H,1-3H3,(H,18,19). The lowest BCUT2D eigenvalue weighted by atomic mass is 9.82. The van der Waals surface area contributed by atoms with Crippen molar-refractivity contribution in [2.75, 3.05) is 0 Å². The predicted octanol–water partition coefficient (Wildman–Crippen LogP) is 2.36. The highest BCUT2D eigenvalue weighted by molar-refractivity contribution is 6.31. The molecule has 2 atom stereocenters. The number of allylic oxidation sites excluding steroid dienone is 3. The summed E-state index contributed by atoms with van der Waals surface area (Å²) in [5.41, 5.74) is 2.34. The number of rotatable bonds is 2. The number of hydrogen-bond acceptors (Lipinski definition) is 2. The topological polar surface area (TPSA) is 58.5 Å². The molecular weight excluding hydrogens is 276 g/mol. The van der Waals surface area contributed by atoms with Crippen molar-refractivity contribution in [3.63, 3.8) is 0 Å².